The van der Waals surface area contributed by atoms with E-state index in [0.29, 0.717) is 19.3 Å². The van der Waals surface area contributed by atoms with Crippen LogP contribution in [0.25, 0.3) is 0 Å². The van der Waals surface area contributed by atoms with Gasteiger partial charge in [0.15, 0.2) is 6.10 Å². The van der Waals surface area contributed by atoms with Crippen LogP contribution in [-0.4, -0.2) is 37.2 Å². The molecule has 0 saturated carbocycles. The van der Waals surface area contributed by atoms with E-state index >= 15 is 0 Å². The van der Waals surface area contributed by atoms with Crippen LogP contribution in [0.4, 0.5) is 0 Å². The molecule has 0 amide bonds. The van der Waals surface area contributed by atoms with E-state index < -0.39 is 6.10 Å². The molecule has 0 aromatic rings. The van der Waals surface area contributed by atoms with E-state index in [4.69, 9.17) is 14.2 Å². The summed E-state index contributed by atoms with van der Waals surface area (Å²) in [6.45, 7) is 6.34. The Kier molecular flexibility index (Phi) is 59.9. The van der Waals surface area contributed by atoms with Gasteiger partial charge >= 0.3 is 17.9 Å². The van der Waals surface area contributed by atoms with Gasteiger partial charge in [-0.05, 0) is 141 Å². The number of esters is 3. The Morgan fingerprint density at radius 2 is 0.506 bits per heavy atom. The lowest BCUT2D eigenvalue weighted by atomic mass is 10.1. The second-order valence-corrected chi connectivity index (χ2v) is 20.2. The zero-order valence-corrected chi connectivity index (χ0v) is 49.7. The predicted molar refractivity (Wildman–Crippen MR) is 334 cm³/mol. The first-order chi connectivity index (χ1) is 38.0. The summed E-state index contributed by atoms with van der Waals surface area (Å²) < 4.78 is 16.9. The highest BCUT2D eigenvalue weighted by Crippen LogP contribution is 2.14. The van der Waals surface area contributed by atoms with Gasteiger partial charge < -0.3 is 14.2 Å². The van der Waals surface area contributed by atoms with Gasteiger partial charge in [-0.1, -0.05) is 250 Å². The van der Waals surface area contributed by atoms with Gasteiger partial charge in [0.2, 0.25) is 0 Å². The molecule has 434 valence electrons. The van der Waals surface area contributed by atoms with Crippen molar-refractivity contribution in [3.63, 3.8) is 0 Å². The van der Waals surface area contributed by atoms with Crippen molar-refractivity contribution in [1.82, 2.24) is 0 Å². The Morgan fingerprint density at radius 1 is 0.273 bits per heavy atom. The Labute approximate surface area is 474 Å². The average molecular weight is 1060 g/mol. The zero-order valence-electron chi connectivity index (χ0n) is 49.7. The second-order valence-electron chi connectivity index (χ2n) is 20.2. The first-order valence-electron chi connectivity index (χ1n) is 31.3. The predicted octanol–water partition coefficient (Wildman–Crippen LogP) is 21.5. The lowest BCUT2D eigenvalue weighted by molar-refractivity contribution is -0.167. The number of hydrogen-bond acceptors (Lipinski definition) is 6. The lowest BCUT2D eigenvalue weighted by Gasteiger charge is -2.18. The molecule has 0 spiro atoms. The molecule has 77 heavy (non-hydrogen) atoms. The summed E-state index contributed by atoms with van der Waals surface area (Å²) >= 11 is 0. The molecule has 0 saturated heterocycles. The molecule has 0 aromatic carbocycles. The molecule has 6 heteroatoms. The highest BCUT2D eigenvalue weighted by atomic mass is 16.6. The molecule has 0 bridgehead atoms. The van der Waals surface area contributed by atoms with Gasteiger partial charge in [-0.2, -0.15) is 0 Å². The lowest BCUT2D eigenvalue weighted by Crippen LogP contribution is -2.30. The number of unbranched alkanes of at least 4 members (excludes halogenated alkanes) is 20. The molecule has 0 aromatic heterocycles. The van der Waals surface area contributed by atoms with E-state index in [0.717, 1.165) is 154 Å². The highest BCUT2D eigenvalue weighted by Gasteiger charge is 2.19. The van der Waals surface area contributed by atoms with Gasteiger partial charge in [0.05, 0.1) is 0 Å². The van der Waals surface area contributed by atoms with E-state index in [1.165, 1.54) is 70.6 Å². The van der Waals surface area contributed by atoms with E-state index in [1.807, 2.05) is 0 Å². The molecule has 0 fully saturated rings. The molecule has 6 nitrogen and oxygen atoms in total. The monoisotopic (exact) mass is 1060 g/mol. The van der Waals surface area contributed by atoms with E-state index in [1.54, 1.807) is 0 Å². The van der Waals surface area contributed by atoms with Crippen LogP contribution in [0.2, 0.25) is 0 Å². The van der Waals surface area contributed by atoms with Crippen LogP contribution >= 0.6 is 0 Å². The van der Waals surface area contributed by atoms with Crippen molar-refractivity contribution in [1.29, 1.82) is 0 Å². The summed E-state index contributed by atoms with van der Waals surface area (Å²) in [5.74, 6) is -0.958. The van der Waals surface area contributed by atoms with Crippen LogP contribution in [-0.2, 0) is 28.6 Å². The maximum absolute atomic E-state index is 12.9. The summed E-state index contributed by atoms with van der Waals surface area (Å²) in [6.07, 6.45) is 91.3. The number of carbonyl (C=O) groups is 3. The SMILES string of the molecule is CC/C=C\C/C=C\C/C=C\C/C=C\C/C=C\C/C=C\C/C=C\CCCCCCCC(=O)OCC(COC(=O)CCCCC/C=C\C/C=C\C/C=C\CC)OC(=O)CCCCCCCCCCC/C=C\C/C=C\CCCCC. The van der Waals surface area contributed by atoms with Crippen molar-refractivity contribution in [3.05, 3.63) is 146 Å². The van der Waals surface area contributed by atoms with Crippen LogP contribution in [0.3, 0.4) is 0 Å². The minimum absolute atomic E-state index is 0.105. The van der Waals surface area contributed by atoms with Crippen LogP contribution in [0.15, 0.2) is 146 Å². The molecule has 0 rings (SSSR count). The summed E-state index contributed by atoms with van der Waals surface area (Å²) in [5.41, 5.74) is 0. The molecule has 0 aliphatic heterocycles. The number of hydrogen-bond donors (Lipinski definition) is 0. The largest absolute Gasteiger partial charge is 0.462 e. The van der Waals surface area contributed by atoms with Gasteiger partial charge in [-0.3, -0.25) is 14.4 Å². The maximum Gasteiger partial charge on any atom is 0.306 e. The Morgan fingerprint density at radius 3 is 0.805 bits per heavy atom. The molecule has 0 aliphatic carbocycles. The molecule has 0 radical (unpaired) electrons. The fourth-order valence-electron chi connectivity index (χ4n) is 8.17. The van der Waals surface area contributed by atoms with Crippen molar-refractivity contribution in [2.45, 2.75) is 271 Å². The van der Waals surface area contributed by atoms with E-state index in [9.17, 15) is 14.4 Å². The number of carbonyl (C=O) groups excluding carboxylic acids is 3. The summed E-state index contributed by atoms with van der Waals surface area (Å²) in [7, 11) is 0. The number of allylic oxidation sites excluding steroid dienone is 24. The van der Waals surface area contributed by atoms with Gasteiger partial charge in [0.1, 0.15) is 13.2 Å². The normalized spacial score (nSPS) is 13.1. The van der Waals surface area contributed by atoms with Crippen LogP contribution in [0.5, 0.6) is 0 Å². The molecular formula is C71H114O6. The quantitative estimate of drug-likeness (QED) is 0.0261. The first kappa shape index (κ1) is 72.3. The third kappa shape index (κ3) is 62.0. The molecular weight excluding hydrogens is 949 g/mol. The average Bonchev–Trinajstić information content (AvgIpc) is 3.43. The van der Waals surface area contributed by atoms with Crippen LogP contribution < -0.4 is 0 Å². The minimum atomic E-state index is -0.808. The van der Waals surface area contributed by atoms with Crippen LogP contribution in [0, 0.1) is 0 Å². The molecule has 0 heterocycles. The van der Waals surface area contributed by atoms with Gasteiger partial charge in [-0.25, -0.2) is 0 Å². The van der Waals surface area contributed by atoms with E-state index in [-0.39, 0.29) is 31.1 Å². The van der Waals surface area contributed by atoms with Gasteiger partial charge in [0, 0.05) is 19.3 Å². The minimum Gasteiger partial charge on any atom is -0.462 e. The van der Waals surface area contributed by atoms with Crippen molar-refractivity contribution >= 4 is 17.9 Å². The molecule has 1 atom stereocenters. The molecule has 1 unspecified atom stereocenters. The Balaban J connectivity index is 4.42. The summed E-state index contributed by atoms with van der Waals surface area (Å²) in [5, 5.41) is 0. The standard InChI is InChI=1S/C71H114O6/c1-4-7-10-13-16-19-22-25-27-29-31-32-33-34-35-36-37-38-40-41-43-46-49-52-55-58-61-64-70(73)76-67-68(66-75-69(72)63-60-57-54-51-48-45-24-21-18-15-12-9-6-3)77-71(74)65-62-59-56-53-50-47-44-42-39-30-28-26-23-20-17-14-11-8-5-2/h7,9-10,12,16-21,25-28,31-32,34-35,37-38,41,43,45,48,68H,4-6,8,11,13-15,22-24,29-30,33,36,39-40,42,44,46-47,49-67H2,1-3H3/b10-7-,12-9-,19-16-,20-17-,21-18-,27-25-,28-26-,32-31-,35-34-,38-37-,43-41-,48-45-. The van der Waals surface area contributed by atoms with Crippen molar-refractivity contribution in [2.75, 3.05) is 13.2 Å². The third-order valence-electron chi connectivity index (χ3n) is 12.8. The summed E-state index contributed by atoms with van der Waals surface area (Å²) in [4.78, 5) is 38.3. The second kappa shape index (κ2) is 63.8. The maximum atomic E-state index is 12.9. The van der Waals surface area contributed by atoms with Gasteiger partial charge in [0.25, 0.3) is 0 Å². The van der Waals surface area contributed by atoms with Crippen LogP contribution in [0.1, 0.15) is 265 Å². The smallest absolute Gasteiger partial charge is 0.306 e. The Hall–Kier alpha value is -4.71. The fourth-order valence-corrected chi connectivity index (χ4v) is 8.17. The van der Waals surface area contributed by atoms with Crippen molar-refractivity contribution in [2.24, 2.45) is 0 Å². The molecule has 0 aliphatic rings. The number of rotatable bonds is 55. The van der Waals surface area contributed by atoms with Crippen molar-refractivity contribution < 1.29 is 28.6 Å². The molecule has 0 N–H and O–H groups in total. The third-order valence-corrected chi connectivity index (χ3v) is 12.8. The van der Waals surface area contributed by atoms with E-state index in [2.05, 4.69) is 167 Å². The topological polar surface area (TPSA) is 78.9 Å². The zero-order chi connectivity index (χ0) is 55.7. The highest BCUT2D eigenvalue weighted by molar-refractivity contribution is 5.71. The number of ether oxygens (including phenoxy) is 3. The van der Waals surface area contributed by atoms with Gasteiger partial charge in [-0.15, -0.1) is 0 Å². The Bertz CT molecular complexity index is 1700. The first-order valence-corrected chi connectivity index (χ1v) is 31.3. The fraction of sp³-hybridized carbons (Fsp3) is 0.620. The summed E-state index contributed by atoms with van der Waals surface area (Å²) in [6, 6.07) is 0. The van der Waals surface area contributed by atoms with Crippen molar-refractivity contribution in [3.8, 4) is 0 Å².